The predicted octanol–water partition coefficient (Wildman–Crippen LogP) is 4.91. The Kier molecular flexibility index (Phi) is 7.31. The number of imide groups is 1. The van der Waals surface area contributed by atoms with Crippen LogP contribution in [0.25, 0.3) is 0 Å². The SMILES string of the molecule is CC(C)C[C@@H](C(=O)OCC(=O)c1ccc(Cl)cc1Cl)N1C(=O)[C@H]2[C@@H]3C[C@H]([C@@H](Br)[C@H]3Br)[C@@H]2C1=O. The molecule has 10 heteroatoms. The van der Waals surface area contributed by atoms with Gasteiger partial charge in [0.15, 0.2) is 6.61 Å². The first-order valence-electron chi connectivity index (χ1n) is 10.8. The quantitative estimate of drug-likeness (QED) is 0.187. The van der Waals surface area contributed by atoms with Gasteiger partial charge in [-0.2, -0.15) is 0 Å². The van der Waals surface area contributed by atoms with Crippen molar-refractivity contribution < 1.29 is 23.9 Å². The van der Waals surface area contributed by atoms with E-state index in [2.05, 4.69) is 31.9 Å². The van der Waals surface area contributed by atoms with Crippen LogP contribution in [-0.2, 0) is 19.1 Å². The average molecular weight is 624 g/mol. The maximum Gasteiger partial charge on any atom is 0.329 e. The van der Waals surface area contributed by atoms with Crippen molar-refractivity contribution in [3.63, 3.8) is 0 Å². The Morgan fingerprint density at radius 3 is 2.18 bits per heavy atom. The number of likely N-dealkylation sites (tertiary alicyclic amines) is 1. The molecule has 3 aliphatic rings. The molecule has 0 radical (unpaired) electrons. The first-order chi connectivity index (χ1) is 15.5. The first kappa shape index (κ1) is 25.1. The van der Waals surface area contributed by atoms with Gasteiger partial charge in [0.05, 0.1) is 16.9 Å². The number of ketones is 1. The van der Waals surface area contributed by atoms with E-state index in [0.29, 0.717) is 5.02 Å². The third kappa shape index (κ3) is 4.41. The molecule has 2 bridgehead atoms. The summed E-state index contributed by atoms with van der Waals surface area (Å²) in [5.74, 6) is -2.59. The summed E-state index contributed by atoms with van der Waals surface area (Å²) in [6, 6.07) is 3.35. The molecular formula is C23H23Br2Cl2NO5. The zero-order valence-electron chi connectivity index (χ0n) is 18.0. The number of carbonyl (C=O) groups is 4. The van der Waals surface area contributed by atoms with Crippen molar-refractivity contribution in [3.8, 4) is 0 Å². The number of benzene rings is 1. The molecule has 1 aliphatic heterocycles. The topological polar surface area (TPSA) is 80.8 Å². The molecule has 1 aromatic rings. The van der Waals surface area contributed by atoms with Gasteiger partial charge < -0.3 is 4.74 Å². The highest BCUT2D eigenvalue weighted by molar-refractivity contribution is 9.12. The molecule has 0 N–H and O–H groups in total. The van der Waals surface area contributed by atoms with Crippen molar-refractivity contribution in [2.75, 3.05) is 6.61 Å². The predicted molar refractivity (Wildman–Crippen MR) is 131 cm³/mol. The monoisotopic (exact) mass is 621 g/mol. The van der Waals surface area contributed by atoms with Crippen LogP contribution in [0.3, 0.4) is 0 Å². The Bertz CT molecular complexity index is 987. The summed E-state index contributed by atoms with van der Waals surface area (Å²) < 4.78 is 5.30. The van der Waals surface area contributed by atoms with Crippen molar-refractivity contribution in [2.45, 2.75) is 42.4 Å². The van der Waals surface area contributed by atoms with Gasteiger partial charge in [-0.3, -0.25) is 19.3 Å². The molecule has 0 spiro atoms. The van der Waals surface area contributed by atoms with Gasteiger partial charge in [0.25, 0.3) is 0 Å². The van der Waals surface area contributed by atoms with E-state index in [9.17, 15) is 19.2 Å². The Labute approximate surface area is 218 Å². The van der Waals surface area contributed by atoms with E-state index in [0.717, 1.165) is 11.3 Å². The number of nitrogens with zero attached hydrogens (tertiary/aromatic N) is 1. The molecule has 0 unspecified atom stereocenters. The van der Waals surface area contributed by atoms with E-state index in [-0.39, 0.29) is 56.2 Å². The highest BCUT2D eigenvalue weighted by atomic mass is 79.9. The maximum absolute atomic E-state index is 13.4. The number of alkyl halides is 2. The second kappa shape index (κ2) is 9.59. The number of carbonyl (C=O) groups excluding carboxylic acids is 4. The fraction of sp³-hybridized carbons (Fsp3) is 0.565. The van der Waals surface area contributed by atoms with Crippen molar-refractivity contribution >= 4 is 78.6 Å². The molecule has 1 heterocycles. The van der Waals surface area contributed by atoms with E-state index in [1.54, 1.807) is 0 Å². The minimum absolute atomic E-state index is 0.0228. The van der Waals surface area contributed by atoms with Crippen molar-refractivity contribution in [3.05, 3.63) is 33.8 Å². The molecule has 2 aliphatic carbocycles. The zero-order chi connectivity index (χ0) is 24.2. The third-order valence-electron chi connectivity index (χ3n) is 6.88. The molecule has 6 nitrogen and oxygen atoms in total. The molecule has 33 heavy (non-hydrogen) atoms. The van der Waals surface area contributed by atoms with Crippen LogP contribution in [0, 0.1) is 29.6 Å². The Hall–Kier alpha value is -0.960. The van der Waals surface area contributed by atoms with Gasteiger partial charge in [-0.05, 0) is 48.8 Å². The van der Waals surface area contributed by atoms with Crippen molar-refractivity contribution in [2.24, 2.45) is 29.6 Å². The number of amides is 2. The van der Waals surface area contributed by atoms with Gasteiger partial charge >= 0.3 is 5.97 Å². The van der Waals surface area contributed by atoms with Crippen molar-refractivity contribution in [1.82, 2.24) is 4.90 Å². The molecular weight excluding hydrogens is 601 g/mol. The summed E-state index contributed by atoms with van der Waals surface area (Å²) in [5.41, 5.74) is 0.181. The Morgan fingerprint density at radius 2 is 1.67 bits per heavy atom. The third-order valence-corrected chi connectivity index (χ3v) is 10.6. The van der Waals surface area contributed by atoms with E-state index in [1.807, 2.05) is 13.8 Å². The highest BCUT2D eigenvalue weighted by Crippen LogP contribution is 2.60. The number of halogens is 4. The zero-order valence-corrected chi connectivity index (χ0v) is 22.7. The van der Waals surface area contributed by atoms with Gasteiger partial charge in [-0.1, -0.05) is 68.9 Å². The second-order valence-electron chi connectivity index (χ2n) is 9.35. The lowest BCUT2D eigenvalue weighted by molar-refractivity contribution is -0.159. The number of rotatable bonds is 7. The van der Waals surface area contributed by atoms with Crippen LogP contribution in [-0.4, -0.2) is 50.8 Å². The highest BCUT2D eigenvalue weighted by Gasteiger charge is 2.67. The number of Topliss-reactive ketones (excluding diaryl/α,β-unsaturated/α-hetero) is 1. The standard InChI is InChI=1S/C23H23Br2Cl2NO5/c1-9(2)5-15(23(32)33-8-16(29)11-4-3-10(26)6-14(11)27)28-21(30)17-12-7-13(18(17)22(28)31)20(25)19(12)24/h3-4,6,9,12-13,15,17-20H,5,7-8H2,1-2H3/t12-,13-,15-,17-,18-,19-,20+/m0/s1. The van der Waals surface area contributed by atoms with Crippen LogP contribution in [0.1, 0.15) is 37.0 Å². The smallest absolute Gasteiger partial charge is 0.329 e. The molecule has 1 aromatic carbocycles. The Balaban J connectivity index is 1.51. The van der Waals surface area contributed by atoms with Crippen LogP contribution in [0.4, 0.5) is 0 Å². The first-order valence-corrected chi connectivity index (χ1v) is 13.4. The second-order valence-corrected chi connectivity index (χ2v) is 12.3. The average Bonchev–Trinajstić information content (AvgIpc) is 3.35. The summed E-state index contributed by atoms with van der Waals surface area (Å²) in [5, 5.41) is 0.539. The summed E-state index contributed by atoms with van der Waals surface area (Å²) in [4.78, 5) is 53.7. The molecule has 0 aromatic heterocycles. The van der Waals surface area contributed by atoms with Crippen LogP contribution < -0.4 is 0 Å². The molecule has 1 saturated heterocycles. The summed E-state index contributed by atoms with van der Waals surface area (Å²) >= 11 is 19.3. The maximum atomic E-state index is 13.4. The minimum Gasteiger partial charge on any atom is -0.456 e. The minimum atomic E-state index is -1.06. The fourth-order valence-corrected chi connectivity index (χ4v) is 7.85. The molecule has 178 valence electrons. The summed E-state index contributed by atoms with van der Waals surface area (Å²) in [6.45, 7) is 3.26. The van der Waals surface area contributed by atoms with Gasteiger partial charge in [-0.15, -0.1) is 0 Å². The number of hydrogen-bond donors (Lipinski definition) is 0. The van der Waals surface area contributed by atoms with Gasteiger partial charge in [0, 0.05) is 20.2 Å². The normalized spacial score (nSPS) is 31.3. The lowest BCUT2D eigenvalue weighted by Gasteiger charge is -2.28. The molecule has 2 amide bonds. The van der Waals surface area contributed by atoms with Crippen LogP contribution >= 0.6 is 55.1 Å². The van der Waals surface area contributed by atoms with Crippen molar-refractivity contribution in [1.29, 1.82) is 0 Å². The molecule has 2 saturated carbocycles. The van der Waals surface area contributed by atoms with Crippen LogP contribution in [0.15, 0.2) is 18.2 Å². The lowest BCUT2D eigenvalue weighted by Crippen LogP contribution is -2.48. The van der Waals surface area contributed by atoms with E-state index in [4.69, 9.17) is 27.9 Å². The van der Waals surface area contributed by atoms with Crippen LogP contribution in [0.5, 0.6) is 0 Å². The number of hydrogen-bond acceptors (Lipinski definition) is 5. The van der Waals surface area contributed by atoms with Crippen LogP contribution in [0.2, 0.25) is 10.0 Å². The van der Waals surface area contributed by atoms with Gasteiger partial charge in [0.2, 0.25) is 17.6 Å². The summed E-state index contributed by atoms with van der Waals surface area (Å²) in [6.07, 6.45) is 1.07. The molecule has 7 atom stereocenters. The van der Waals surface area contributed by atoms with E-state index >= 15 is 0 Å². The summed E-state index contributed by atoms with van der Waals surface area (Å²) in [7, 11) is 0. The lowest BCUT2D eigenvalue weighted by atomic mass is 9.81. The van der Waals surface area contributed by atoms with Gasteiger partial charge in [0.1, 0.15) is 6.04 Å². The largest absolute Gasteiger partial charge is 0.456 e. The van der Waals surface area contributed by atoms with Gasteiger partial charge in [-0.25, -0.2) is 4.79 Å². The molecule has 4 rings (SSSR count). The number of ether oxygens (including phenoxy) is 1. The fourth-order valence-electron chi connectivity index (χ4n) is 5.46. The van der Waals surface area contributed by atoms with E-state index < -0.39 is 36.2 Å². The van der Waals surface area contributed by atoms with E-state index in [1.165, 1.54) is 18.2 Å². The molecule has 3 fully saturated rings. The Morgan fingerprint density at radius 1 is 1.09 bits per heavy atom. The number of esters is 1. The number of fused-ring (bicyclic) bond motifs is 5.